The molecule has 2 heterocycles. The number of nitrogens with zero attached hydrogens (tertiary/aromatic N) is 2. The van der Waals surface area contributed by atoms with E-state index >= 15 is 0 Å². The van der Waals surface area contributed by atoms with Gasteiger partial charge in [0, 0.05) is 32.6 Å². The van der Waals surface area contributed by atoms with E-state index in [1.165, 1.54) is 0 Å². The Morgan fingerprint density at radius 2 is 1.96 bits per heavy atom. The Bertz CT molecular complexity index is 648. The molecule has 7 heteroatoms. The van der Waals surface area contributed by atoms with Gasteiger partial charge in [-0.25, -0.2) is 0 Å². The van der Waals surface area contributed by atoms with Crippen LogP contribution in [0.3, 0.4) is 0 Å². The second-order valence-electron chi connectivity index (χ2n) is 6.54. The third-order valence-electron chi connectivity index (χ3n) is 4.63. The third-order valence-corrected chi connectivity index (χ3v) is 4.63. The van der Waals surface area contributed by atoms with Crippen molar-refractivity contribution in [2.45, 2.75) is 25.5 Å². The summed E-state index contributed by atoms with van der Waals surface area (Å²) in [6, 6.07) is 9.69. The van der Waals surface area contributed by atoms with Crippen molar-refractivity contribution in [1.82, 2.24) is 9.80 Å². The van der Waals surface area contributed by atoms with Crippen LogP contribution in [0.4, 0.5) is 0 Å². The highest BCUT2D eigenvalue weighted by molar-refractivity contribution is 5.89. The highest BCUT2D eigenvalue weighted by Crippen LogP contribution is 2.23. The van der Waals surface area contributed by atoms with E-state index in [4.69, 9.17) is 9.84 Å². The second kappa shape index (κ2) is 7.65. The van der Waals surface area contributed by atoms with Crippen molar-refractivity contribution in [3.05, 3.63) is 35.9 Å². The van der Waals surface area contributed by atoms with Crippen LogP contribution in [0.2, 0.25) is 0 Å². The van der Waals surface area contributed by atoms with Crippen LogP contribution >= 0.6 is 0 Å². The first-order valence-electron chi connectivity index (χ1n) is 8.47. The fourth-order valence-electron chi connectivity index (χ4n) is 3.39. The molecular weight excluding hydrogens is 324 g/mol. The molecule has 1 aromatic carbocycles. The number of morpholine rings is 1. The van der Waals surface area contributed by atoms with E-state index in [0.29, 0.717) is 26.2 Å². The Hall–Kier alpha value is -2.41. The summed E-state index contributed by atoms with van der Waals surface area (Å²) in [5.41, 5.74) is 1.04. The molecule has 0 saturated carbocycles. The molecule has 1 N–H and O–H groups in total. The molecule has 0 aromatic heterocycles. The van der Waals surface area contributed by atoms with Gasteiger partial charge in [-0.2, -0.15) is 0 Å². The summed E-state index contributed by atoms with van der Waals surface area (Å²) in [7, 11) is 0. The molecule has 2 atom stereocenters. The van der Waals surface area contributed by atoms with Crippen LogP contribution in [0.5, 0.6) is 0 Å². The third kappa shape index (κ3) is 4.36. The van der Waals surface area contributed by atoms with E-state index in [2.05, 4.69) is 0 Å². The lowest BCUT2D eigenvalue weighted by Crippen LogP contribution is -2.48. The Kier molecular flexibility index (Phi) is 5.33. The number of carboxylic acids is 1. The summed E-state index contributed by atoms with van der Waals surface area (Å²) < 4.78 is 5.40. The molecule has 2 saturated heterocycles. The summed E-state index contributed by atoms with van der Waals surface area (Å²) in [5, 5.41) is 8.88. The molecule has 3 rings (SSSR count). The van der Waals surface area contributed by atoms with E-state index < -0.39 is 12.1 Å². The normalized spacial score (nSPS) is 23.8. The van der Waals surface area contributed by atoms with E-state index in [-0.39, 0.29) is 37.1 Å². The minimum absolute atomic E-state index is 0.0162. The van der Waals surface area contributed by atoms with E-state index in [9.17, 15) is 14.4 Å². The largest absolute Gasteiger partial charge is 0.481 e. The number of ether oxygens (including phenoxy) is 1. The molecule has 0 spiro atoms. The molecule has 7 nitrogen and oxygen atoms in total. The van der Waals surface area contributed by atoms with E-state index in [0.717, 1.165) is 5.56 Å². The highest BCUT2D eigenvalue weighted by atomic mass is 16.5. The number of carbonyl (C=O) groups is 3. The van der Waals surface area contributed by atoms with Crippen molar-refractivity contribution in [1.29, 1.82) is 0 Å². The summed E-state index contributed by atoms with van der Waals surface area (Å²) in [4.78, 5) is 39.1. The fraction of sp³-hybridized carbons (Fsp3) is 0.500. The number of likely N-dealkylation sites (tertiary alicyclic amines) is 1. The second-order valence-corrected chi connectivity index (χ2v) is 6.54. The van der Waals surface area contributed by atoms with Crippen LogP contribution in [0.25, 0.3) is 0 Å². The molecule has 0 unspecified atom stereocenters. The zero-order valence-corrected chi connectivity index (χ0v) is 14.0. The van der Waals surface area contributed by atoms with Gasteiger partial charge in [0.05, 0.1) is 25.0 Å². The van der Waals surface area contributed by atoms with Crippen LogP contribution in [0, 0.1) is 5.92 Å². The van der Waals surface area contributed by atoms with Crippen molar-refractivity contribution in [2.24, 2.45) is 5.92 Å². The van der Waals surface area contributed by atoms with Gasteiger partial charge in [0.1, 0.15) is 0 Å². The highest BCUT2D eigenvalue weighted by Gasteiger charge is 2.38. The Balaban J connectivity index is 1.57. The number of hydrogen-bond acceptors (Lipinski definition) is 4. The molecule has 2 amide bonds. The Morgan fingerprint density at radius 3 is 2.68 bits per heavy atom. The number of hydrogen-bond donors (Lipinski definition) is 1. The van der Waals surface area contributed by atoms with Gasteiger partial charge < -0.3 is 19.6 Å². The van der Waals surface area contributed by atoms with Gasteiger partial charge in [-0.05, 0) is 5.56 Å². The van der Waals surface area contributed by atoms with E-state index in [1.807, 2.05) is 30.3 Å². The topological polar surface area (TPSA) is 87.2 Å². The van der Waals surface area contributed by atoms with Gasteiger partial charge in [0.25, 0.3) is 0 Å². The lowest BCUT2D eigenvalue weighted by molar-refractivity contribution is -0.149. The van der Waals surface area contributed by atoms with E-state index in [1.54, 1.807) is 9.80 Å². The Morgan fingerprint density at radius 1 is 1.20 bits per heavy atom. The lowest BCUT2D eigenvalue weighted by Gasteiger charge is -2.33. The van der Waals surface area contributed by atoms with Crippen molar-refractivity contribution < 1.29 is 24.2 Å². The van der Waals surface area contributed by atoms with Crippen molar-refractivity contribution >= 4 is 17.8 Å². The maximum Gasteiger partial charge on any atom is 0.306 e. The summed E-state index contributed by atoms with van der Waals surface area (Å²) >= 11 is 0. The van der Waals surface area contributed by atoms with Crippen LogP contribution in [0.15, 0.2) is 30.3 Å². The molecular formula is C18H22N2O5. The zero-order chi connectivity index (χ0) is 17.8. The van der Waals surface area contributed by atoms with Gasteiger partial charge in [-0.1, -0.05) is 30.3 Å². The summed E-state index contributed by atoms with van der Waals surface area (Å²) in [5.74, 6) is -1.40. The average molecular weight is 346 g/mol. The quantitative estimate of drug-likeness (QED) is 0.850. The van der Waals surface area contributed by atoms with Crippen LogP contribution in [-0.2, 0) is 25.7 Å². The minimum Gasteiger partial charge on any atom is -0.481 e. The minimum atomic E-state index is -0.940. The number of carbonyl (C=O) groups excluding carboxylic acids is 2. The van der Waals surface area contributed by atoms with Crippen molar-refractivity contribution in [3.8, 4) is 0 Å². The predicted octanol–water partition coefficient (Wildman–Crippen LogP) is 0.737. The SMILES string of the molecule is O=C(O)C[C@H]1CN(C(=O)[C@H]2CC(=O)N(Cc3ccccc3)C2)CCO1. The molecule has 0 bridgehead atoms. The smallest absolute Gasteiger partial charge is 0.306 e. The first kappa shape index (κ1) is 17.4. The van der Waals surface area contributed by atoms with Gasteiger partial charge in [-0.3, -0.25) is 14.4 Å². The molecule has 2 fully saturated rings. The Labute approximate surface area is 146 Å². The first-order chi connectivity index (χ1) is 12.0. The van der Waals surface area contributed by atoms with Gasteiger partial charge >= 0.3 is 5.97 Å². The first-order valence-corrected chi connectivity index (χ1v) is 8.47. The lowest BCUT2D eigenvalue weighted by atomic mass is 10.1. The zero-order valence-electron chi connectivity index (χ0n) is 14.0. The van der Waals surface area contributed by atoms with Crippen LogP contribution in [-0.4, -0.2) is 65.0 Å². The van der Waals surface area contributed by atoms with Gasteiger partial charge in [-0.15, -0.1) is 0 Å². The number of rotatable bonds is 5. The fourth-order valence-corrected chi connectivity index (χ4v) is 3.39. The van der Waals surface area contributed by atoms with Crippen molar-refractivity contribution in [2.75, 3.05) is 26.2 Å². The molecule has 0 aliphatic carbocycles. The molecule has 2 aliphatic rings. The number of carboxylic acid groups (broad SMARTS) is 1. The van der Waals surface area contributed by atoms with Crippen molar-refractivity contribution in [3.63, 3.8) is 0 Å². The maximum atomic E-state index is 12.7. The van der Waals surface area contributed by atoms with Gasteiger partial charge in [0.15, 0.2) is 0 Å². The molecule has 1 aromatic rings. The molecule has 134 valence electrons. The monoisotopic (exact) mass is 346 g/mol. The van der Waals surface area contributed by atoms with Crippen LogP contribution < -0.4 is 0 Å². The maximum absolute atomic E-state index is 12.7. The average Bonchev–Trinajstić information content (AvgIpc) is 2.95. The summed E-state index contributed by atoms with van der Waals surface area (Å²) in [6.45, 7) is 1.96. The number of aliphatic carboxylic acids is 1. The number of benzene rings is 1. The predicted molar refractivity (Wildman–Crippen MR) is 88.5 cm³/mol. The summed E-state index contributed by atoms with van der Waals surface area (Å²) in [6.07, 6.45) is -0.382. The standard InChI is InChI=1S/C18H22N2O5/c21-16-8-14(11-20(16)10-13-4-2-1-3-5-13)18(24)19-6-7-25-15(12-19)9-17(22)23/h1-5,14-15H,6-12H2,(H,22,23)/t14-,15-/m0/s1. The molecule has 25 heavy (non-hydrogen) atoms. The number of amides is 2. The van der Waals surface area contributed by atoms with Crippen LogP contribution in [0.1, 0.15) is 18.4 Å². The molecule has 0 radical (unpaired) electrons. The van der Waals surface area contributed by atoms with Gasteiger partial charge in [0.2, 0.25) is 11.8 Å². The molecule has 2 aliphatic heterocycles.